The van der Waals surface area contributed by atoms with Crippen molar-refractivity contribution in [3.8, 4) is 5.75 Å². The summed E-state index contributed by atoms with van der Waals surface area (Å²) in [5.74, 6) is -2.05. The quantitative estimate of drug-likeness (QED) is 0.847. The van der Waals surface area contributed by atoms with Crippen LogP contribution >= 0.6 is 0 Å². The second-order valence-electron chi connectivity index (χ2n) is 3.86. The molecule has 1 amide bonds. The molecule has 0 radical (unpaired) electrons. The maximum absolute atomic E-state index is 13.5. The van der Waals surface area contributed by atoms with Crippen molar-refractivity contribution in [3.05, 3.63) is 29.6 Å². The van der Waals surface area contributed by atoms with E-state index in [9.17, 15) is 22.4 Å². The number of nitrogens with one attached hydrogen (secondary N) is 1. The zero-order valence-electron chi connectivity index (χ0n) is 9.46. The van der Waals surface area contributed by atoms with Gasteiger partial charge in [0.2, 0.25) is 0 Å². The minimum absolute atomic E-state index is 0.166. The maximum atomic E-state index is 13.5. The van der Waals surface area contributed by atoms with E-state index in [1.807, 2.05) is 0 Å². The fourth-order valence-corrected chi connectivity index (χ4v) is 1.72. The number of carbonyl (C=O) groups excluding carboxylic acids is 1. The Balaban J connectivity index is 2.16. The molecule has 0 unspecified atom stereocenters. The summed E-state index contributed by atoms with van der Waals surface area (Å²) in [4.78, 5) is 11.0. The summed E-state index contributed by atoms with van der Waals surface area (Å²) in [6.45, 7) is 0.166. The van der Waals surface area contributed by atoms with Crippen LogP contribution in [0.4, 0.5) is 22.4 Å². The van der Waals surface area contributed by atoms with Crippen LogP contribution in [0.2, 0.25) is 0 Å². The number of halogens is 4. The van der Waals surface area contributed by atoms with E-state index in [-0.39, 0.29) is 6.61 Å². The summed E-state index contributed by atoms with van der Waals surface area (Å²) in [7, 11) is 0. The maximum Gasteiger partial charge on any atom is 0.573 e. The molecular formula is C11H9F4NO3. The van der Waals surface area contributed by atoms with Gasteiger partial charge in [0.15, 0.2) is 11.6 Å². The van der Waals surface area contributed by atoms with Crippen molar-refractivity contribution in [2.45, 2.75) is 18.8 Å². The van der Waals surface area contributed by atoms with Crippen molar-refractivity contribution in [2.75, 3.05) is 6.61 Å². The number of amides is 1. The van der Waals surface area contributed by atoms with E-state index in [1.165, 1.54) is 6.07 Å². The van der Waals surface area contributed by atoms with Gasteiger partial charge in [0.1, 0.15) is 0 Å². The van der Waals surface area contributed by atoms with E-state index in [2.05, 4.69) is 14.8 Å². The molecule has 1 fully saturated rings. The number of alkyl carbamates (subject to hydrolysis) is 1. The topological polar surface area (TPSA) is 47.6 Å². The van der Waals surface area contributed by atoms with E-state index in [4.69, 9.17) is 0 Å². The first-order valence-electron chi connectivity index (χ1n) is 5.33. The van der Waals surface area contributed by atoms with Gasteiger partial charge in [0, 0.05) is 6.42 Å². The van der Waals surface area contributed by atoms with Gasteiger partial charge in [-0.15, -0.1) is 13.2 Å². The number of rotatable bonds is 2. The summed E-state index contributed by atoms with van der Waals surface area (Å²) in [5, 5.41) is 2.44. The van der Waals surface area contributed by atoms with Gasteiger partial charge in [-0.3, -0.25) is 0 Å². The molecule has 1 aliphatic heterocycles. The lowest BCUT2D eigenvalue weighted by atomic mass is 10.0. The summed E-state index contributed by atoms with van der Waals surface area (Å²) in [5.41, 5.74) is 0.351. The second kappa shape index (κ2) is 4.94. The predicted octanol–water partition coefficient (Wildman–Crippen LogP) is 2.90. The summed E-state index contributed by atoms with van der Waals surface area (Å²) >= 11 is 0. The van der Waals surface area contributed by atoms with Crippen molar-refractivity contribution in [1.29, 1.82) is 0 Å². The number of hydrogen-bond donors (Lipinski definition) is 1. The van der Waals surface area contributed by atoms with Crippen LogP contribution in [-0.2, 0) is 4.74 Å². The molecule has 0 aliphatic carbocycles. The molecule has 0 spiro atoms. The zero-order valence-corrected chi connectivity index (χ0v) is 9.46. The third-order valence-electron chi connectivity index (χ3n) is 2.52. The van der Waals surface area contributed by atoms with Crippen LogP contribution in [0.3, 0.4) is 0 Å². The number of ether oxygens (including phenoxy) is 2. The van der Waals surface area contributed by atoms with Gasteiger partial charge in [-0.05, 0) is 17.7 Å². The molecule has 1 atom stereocenters. The average Bonchev–Trinajstić information content (AvgIpc) is 2.30. The number of carbonyl (C=O) groups is 1. The molecule has 19 heavy (non-hydrogen) atoms. The van der Waals surface area contributed by atoms with Crippen molar-refractivity contribution < 1.29 is 31.8 Å². The molecular weight excluding hydrogens is 270 g/mol. The lowest BCUT2D eigenvalue weighted by Crippen LogP contribution is -2.35. The highest BCUT2D eigenvalue weighted by molar-refractivity contribution is 5.68. The largest absolute Gasteiger partial charge is 0.573 e. The van der Waals surface area contributed by atoms with Crippen LogP contribution in [0, 0.1) is 5.82 Å². The summed E-state index contributed by atoms with van der Waals surface area (Å²) in [6, 6.07) is 2.55. The monoisotopic (exact) mass is 279 g/mol. The van der Waals surface area contributed by atoms with Gasteiger partial charge in [-0.2, -0.15) is 0 Å². The first-order chi connectivity index (χ1) is 8.85. The van der Waals surface area contributed by atoms with E-state index in [1.54, 1.807) is 0 Å². The highest BCUT2D eigenvalue weighted by atomic mass is 19.4. The lowest BCUT2D eigenvalue weighted by Gasteiger charge is -2.24. The molecule has 8 heteroatoms. The van der Waals surface area contributed by atoms with Crippen LogP contribution in [0.25, 0.3) is 0 Å². The van der Waals surface area contributed by atoms with E-state index in [0.717, 1.165) is 12.1 Å². The number of cyclic esters (lactones) is 1. The fourth-order valence-electron chi connectivity index (χ4n) is 1.72. The van der Waals surface area contributed by atoms with Crippen molar-refractivity contribution in [3.63, 3.8) is 0 Å². The number of benzene rings is 1. The van der Waals surface area contributed by atoms with Crippen molar-refractivity contribution in [1.82, 2.24) is 5.32 Å². The molecule has 1 aromatic rings. The number of hydrogen-bond acceptors (Lipinski definition) is 3. The molecule has 1 aromatic carbocycles. The van der Waals surface area contributed by atoms with Gasteiger partial charge in [0.25, 0.3) is 0 Å². The Morgan fingerprint density at radius 1 is 1.37 bits per heavy atom. The molecule has 0 aromatic heterocycles. The molecule has 0 bridgehead atoms. The van der Waals surface area contributed by atoms with Crippen LogP contribution in [0.15, 0.2) is 18.2 Å². The van der Waals surface area contributed by atoms with Crippen molar-refractivity contribution >= 4 is 6.09 Å². The minimum Gasteiger partial charge on any atom is -0.449 e. The average molecular weight is 279 g/mol. The molecule has 4 nitrogen and oxygen atoms in total. The van der Waals surface area contributed by atoms with Gasteiger partial charge < -0.3 is 14.8 Å². The third-order valence-corrected chi connectivity index (χ3v) is 2.52. The van der Waals surface area contributed by atoms with Crippen LogP contribution in [-0.4, -0.2) is 19.1 Å². The molecule has 1 N–H and O–H groups in total. The van der Waals surface area contributed by atoms with Crippen molar-refractivity contribution in [2.24, 2.45) is 0 Å². The van der Waals surface area contributed by atoms with Gasteiger partial charge >= 0.3 is 12.5 Å². The SMILES string of the molecule is O=C1N[C@@H](c2ccc(OC(F)(F)F)c(F)c2)CCO1. The van der Waals surface area contributed by atoms with E-state index >= 15 is 0 Å². The lowest BCUT2D eigenvalue weighted by molar-refractivity contribution is -0.275. The first kappa shape index (κ1) is 13.4. The Hall–Kier alpha value is -1.99. The summed E-state index contributed by atoms with van der Waals surface area (Å²) in [6.07, 6.45) is -5.19. The Morgan fingerprint density at radius 3 is 2.68 bits per heavy atom. The van der Waals surface area contributed by atoms with E-state index in [0.29, 0.717) is 12.0 Å². The second-order valence-corrected chi connectivity index (χ2v) is 3.86. The van der Waals surface area contributed by atoms with E-state index < -0.39 is 30.1 Å². The molecule has 0 saturated carbocycles. The molecule has 2 rings (SSSR count). The molecule has 1 aliphatic rings. The predicted molar refractivity (Wildman–Crippen MR) is 54.9 cm³/mol. The summed E-state index contributed by atoms with van der Waals surface area (Å²) < 4.78 is 57.5. The third kappa shape index (κ3) is 3.49. The van der Waals surface area contributed by atoms with Crippen LogP contribution in [0.5, 0.6) is 5.75 Å². The van der Waals surface area contributed by atoms with Crippen LogP contribution < -0.4 is 10.1 Å². The Morgan fingerprint density at radius 2 is 2.11 bits per heavy atom. The van der Waals surface area contributed by atoms with Gasteiger partial charge in [0.05, 0.1) is 12.6 Å². The Bertz CT molecular complexity index is 489. The Kier molecular flexibility index (Phi) is 3.50. The normalized spacial score (nSPS) is 19.6. The fraction of sp³-hybridized carbons (Fsp3) is 0.364. The first-order valence-corrected chi connectivity index (χ1v) is 5.33. The standard InChI is InChI=1S/C11H9F4NO3/c12-7-5-6(8-3-4-18-10(17)16-8)1-2-9(7)19-11(13,14)15/h1-2,5,8H,3-4H2,(H,16,17)/t8-/m1/s1. The zero-order chi connectivity index (χ0) is 14.0. The highest BCUT2D eigenvalue weighted by Gasteiger charge is 2.32. The molecule has 1 saturated heterocycles. The van der Waals surface area contributed by atoms with Gasteiger partial charge in [-0.1, -0.05) is 6.07 Å². The smallest absolute Gasteiger partial charge is 0.449 e. The van der Waals surface area contributed by atoms with Crippen LogP contribution in [0.1, 0.15) is 18.0 Å². The number of alkyl halides is 3. The molecule has 104 valence electrons. The molecule has 1 heterocycles. The Labute approximate surface area is 105 Å². The minimum atomic E-state index is -4.95. The van der Waals surface area contributed by atoms with Gasteiger partial charge in [-0.25, -0.2) is 9.18 Å². The highest BCUT2D eigenvalue weighted by Crippen LogP contribution is 2.29.